The first-order valence-corrected chi connectivity index (χ1v) is 7.66. The predicted octanol–water partition coefficient (Wildman–Crippen LogP) is 2.72. The number of para-hydroxylation sites is 1. The van der Waals surface area contributed by atoms with Crippen LogP contribution in [0.4, 0.5) is 0 Å². The number of hydrogen-bond donors (Lipinski definition) is 2. The van der Waals surface area contributed by atoms with Gasteiger partial charge in [-0.15, -0.1) is 0 Å². The largest absolute Gasteiger partial charge is 0.468 e. The van der Waals surface area contributed by atoms with Gasteiger partial charge in [-0.05, 0) is 37.9 Å². The summed E-state index contributed by atoms with van der Waals surface area (Å²) in [7, 11) is 3.94. The Kier molecular flexibility index (Phi) is 4.48. The number of rotatable bonds is 6. The zero-order chi connectivity index (χ0) is 16.2. The van der Waals surface area contributed by atoms with Crippen molar-refractivity contribution < 1.29 is 9.21 Å². The van der Waals surface area contributed by atoms with E-state index in [9.17, 15) is 4.79 Å². The highest BCUT2D eigenvalue weighted by Crippen LogP contribution is 2.19. The van der Waals surface area contributed by atoms with Crippen LogP contribution in [0.15, 0.2) is 53.3 Å². The lowest BCUT2D eigenvalue weighted by Gasteiger charge is -2.22. The lowest BCUT2D eigenvalue weighted by molar-refractivity contribution is -0.120. The number of nitrogens with one attached hydrogen (secondary N) is 2. The Morgan fingerprint density at radius 3 is 2.83 bits per heavy atom. The first-order valence-electron chi connectivity index (χ1n) is 7.66. The molecule has 0 radical (unpaired) electrons. The molecule has 2 N–H and O–H groups in total. The number of H-pyrrole nitrogens is 1. The van der Waals surface area contributed by atoms with Crippen LogP contribution in [0.25, 0.3) is 10.9 Å². The molecule has 0 bridgehead atoms. The Labute approximate surface area is 135 Å². The summed E-state index contributed by atoms with van der Waals surface area (Å²) in [6.45, 7) is 0.516. The number of nitrogens with zero attached hydrogens (tertiary/aromatic N) is 1. The molecule has 1 amide bonds. The molecule has 2 aromatic heterocycles. The molecule has 3 aromatic rings. The van der Waals surface area contributed by atoms with Crippen LogP contribution in [-0.4, -0.2) is 36.4 Å². The normalized spacial score (nSPS) is 12.7. The topological polar surface area (TPSA) is 61.3 Å². The van der Waals surface area contributed by atoms with Gasteiger partial charge in [0, 0.05) is 23.6 Å². The van der Waals surface area contributed by atoms with Crippen LogP contribution in [0.1, 0.15) is 17.4 Å². The van der Waals surface area contributed by atoms with Crippen molar-refractivity contribution in [3.05, 3.63) is 60.2 Å². The Hall–Kier alpha value is -2.53. The van der Waals surface area contributed by atoms with Crippen LogP contribution in [-0.2, 0) is 11.2 Å². The molecule has 3 rings (SSSR count). The molecule has 5 nitrogen and oxygen atoms in total. The van der Waals surface area contributed by atoms with Gasteiger partial charge in [0.1, 0.15) is 5.76 Å². The molecule has 0 fully saturated rings. The van der Waals surface area contributed by atoms with Gasteiger partial charge in [-0.25, -0.2) is 0 Å². The van der Waals surface area contributed by atoms with Crippen LogP contribution in [0.3, 0.4) is 0 Å². The second-order valence-electron chi connectivity index (χ2n) is 5.84. The number of carbonyl (C=O) groups excluding carboxylic acids is 1. The fourth-order valence-corrected chi connectivity index (χ4v) is 2.74. The number of carbonyl (C=O) groups is 1. The van der Waals surface area contributed by atoms with Crippen molar-refractivity contribution in [2.24, 2.45) is 0 Å². The van der Waals surface area contributed by atoms with E-state index >= 15 is 0 Å². The number of amides is 1. The van der Waals surface area contributed by atoms with Gasteiger partial charge in [0.05, 0.1) is 18.7 Å². The fraction of sp³-hybridized carbons (Fsp3) is 0.278. The minimum absolute atomic E-state index is 0.00755. The van der Waals surface area contributed by atoms with E-state index in [4.69, 9.17) is 4.42 Å². The monoisotopic (exact) mass is 311 g/mol. The Morgan fingerprint density at radius 1 is 1.26 bits per heavy atom. The SMILES string of the molecule is CN(C)[C@@H](CNC(=O)Cc1c[nH]c2ccccc12)c1ccco1. The predicted molar refractivity (Wildman–Crippen MR) is 90.1 cm³/mol. The summed E-state index contributed by atoms with van der Waals surface area (Å²) in [6.07, 6.45) is 3.92. The van der Waals surface area contributed by atoms with E-state index in [0.717, 1.165) is 22.2 Å². The molecule has 0 unspecified atom stereocenters. The Balaban J connectivity index is 1.63. The minimum Gasteiger partial charge on any atom is -0.468 e. The summed E-state index contributed by atoms with van der Waals surface area (Å²) < 4.78 is 5.45. The lowest BCUT2D eigenvalue weighted by Crippen LogP contribution is -2.35. The molecular weight excluding hydrogens is 290 g/mol. The van der Waals surface area contributed by atoms with Crippen molar-refractivity contribution in [3.63, 3.8) is 0 Å². The first-order chi connectivity index (χ1) is 11.1. The Bertz CT molecular complexity index is 775. The van der Waals surface area contributed by atoms with E-state index in [1.54, 1.807) is 6.26 Å². The van der Waals surface area contributed by atoms with Gasteiger partial charge in [0.25, 0.3) is 0 Å². The standard InChI is InChI=1S/C18H21N3O2/c1-21(2)16(17-8-5-9-23-17)12-20-18(22)10-13-11-19-15-7-4-3-6-14(13)15/h3-9,11,16,19H,10,12H2,1-2H3,(H,20,22)/t16-/m0/s1. The van der Waals surface area contributed by atoms with Crippen LogP contribution < -0.4 is 5.32 Å². The number of hydrogen-bond acceptors (Lipinski definition) is 3. The maximum Gasteiger partial charge on any atom is 0.224 e. The molecule has 0 saturated heterocycles. The summed E-state index contributed by atoms with van der Waals surface area (Å²) in [4.78, 5) is 17.5. The van der Waals surface area contributed by atoms with E-state index in [2.05, 4.69) is 10.3 Å². The third kappa shape index (κ3) is 3.46. The van der Waals surface area contributed by atoms with E-state index < -0.39 is 0 Å². The summed E-state index contributed by atoms with van der Waals surface area (Å²) >= 11 is 0. The van der Waals surface area contributed by atoms with Crippen molar-refractivity contribution >= 4 is 16.8 Å². The molecule has 23 heavy (non-hydrogen) atoms. The molecule has 0 aliphatic rings. The van der Waals surface area contributed by atoms with Gasteiger partial charge in [0.2, 0.25) is 5.91 Å². The van der Waals surface area contributed by atoms with Crippen LogP contribution >= 0.6 is 0 Å². The van der Waals surface area contributed by atoms with Crippen LogP contribution in [0.5, 0.6) is 0 Å². The molecule has 1 atom stereocenters. The van der Waals surface area contributed by atoms with E-state index in [0.29, 0.717) is 13.0 Å². The van der Waals surface area contributed by atoms with Crippen molar-refractivity contribution in [3.8, 4) is 0 Å². The number of aromatic nitrogens is 1. The quantitative estimate of drug-likeness (QED) is 0.736. The highest BCUT2D eigenvalue weighted by atomic mass is 16.3. The fourth-order valence-electron chi connectivity index (χ4n) is 2.74. The average Bonchev–Trinajstić information content (AvgIpc) is 3.18. The number of furan rings is 1. The molecule has 0 aliphatic carbocycles. The maximum atomic E-state index is 12.3. The van der Waals surface area contributed by atoms with Gasteiger partial charge in [-0.2, -0.15) is 0 Å². The third-order valence-electron chi connectivity index (χ3n) is 4.01. The van der Waals surface area contributed by atoms with Gasteiger partial charge < -0.3 is 14.7 Å². The summed E-state index contributed by atoms with van der Waals surface area (Å²) in [5, 5.41) is 4.10. The molecule has 2 heterocycles. The zero-order valence-corrected chi connectivity index (χ0v) is 13.4. The van der Waals surface area contributed by atoms with Gasteiger partial charge in [-0.3, -0.25) is 9.69 Å². The smallest absolute Gasteiger partial charge is 0.224 e. The van der Waals surface area contributed by atoms with E-state index in [1.165, 1.54) is 0 Å². The van der Waals surface area contributed by atoms with E-state index in [1.807, 2.05) is 61.6 Å². The number of benzene rings is 1. The molecule has 0 aliphatic heterocycles. The Morgan fingerprint density at radius 2 is 2.09 bits per heavy atom. The minimum atomic E-state index is 0.00755. The van der Waals surface area contributed by atoms with Crippen molar-refractivity contribution in [1.82, 2.24) is 15.2 Å². The highest BCUT2D eigenvalue weighted by molar-refractivity contribution is 5.88. The maximum absolute atomic E-state index is 12.3. The van der Waals surface area contributed by atoms with E-state index in [-0.39, 0.29) is 11.9 Å². The molecular formula is C18H21N3O2. The molecule has 0 spiro atoms. The molecule has 5 heteroatoms. The molecule has 1 aromatic carbocycles. The van der Waals surface area contributed by atoms with Crippen molar-refractivity contribution in [2.45, 2.75) is 12.5 Å². The van der Waals surface area contributed by atoms with Crippen LogP contribution in [0, 0.1) is 0 Å². The van der Waals surface area contributed by atoms with Crippen LogP contribution in [0.2, 0.25) is 0 Å². The van der Waals surface area contributed by atoms with Crippen molar-refractivity contribution in [1.29, 1.82) is 0 Å². The highest BCUT2D eigenvalue weighted by Gasteiger charge is 2.18. The third-order valence-corrected chi connectivity index (χ3v) is 4.01. The lowest BCUT2D eigenvalue weighted by atomic mass is 10.1. The second kappa shape index (κ2) is 6.71. The summed E-state index contributed by atoms with van der Waals surface area (Å²) in [5.41, 5.74) is 2.06. The average molecular weight is 311 g/mol. The van der Waals surface area contributed by atoms with Crippen molar-refractivity contribution in [2.75, 3.05) is 20.6 Å². The van der Waals surface area contributed by atoms with Gasteiger partial charge in [0.15, 0.2) is 0 Å². The number of likely N-dealkylation sites (N-methyl/N-ethyl adjacent to an activating group) is 1. The number of fused-ring (bicyclic) bond motifs is 1. The zero-order valence-electron chi connectivity index (χ0n) is 13.4. The van der Waals surface area contributed by atoms with Gasteiger partial charge in [-0.1, -0.05) is 18.2 Å². The number of aromatic amines is 1. The van der Waals surface area contributed by atoms with Gasteiger partial charge >= 0.3 is 0 Å². The molecule has 120 valence electrons. The molecule has 0 saturated carbocycles. The summed E-state index contributed by atoms with van der Waals surface area (Å²) in [5.74, 6) is 0.857. The second-order valence-corrected chi connectivity index (χ2v) is 5.84. The first kappa shape index (κ1) is 15.4. The summed E-state index contributed by atoms with van der Waals surface area (Å²) in [6, 6.07) is 11.8.